The molecule has 4 aliphatic heterocycles. The average Bonchev–Trinajstić information content (AvgIpc) is 1.59. The molecule has 4 aromatic carbocycles. The number of rotatable bonds is 27. The minimum atomic E-state index is -1.56. The first-order valence-corrected chi connectivity index (χ1v) is 41.1. The van der Waals surface area contributed by atoms with Gasteiger partial charge in [0.25, 0.3) is 5.91 Å². The van der Waals surface area contributed by atoms with Crippen molar-refractivity contribution < 1.29 is 67.3 Å². The third-order valence-electron chi connectivity index (χ3n) is 21.6. The summed E-state index contributed by atoms with van der Waals surface area (Å²) in [5.74, 6) is -4.57. The number of alkyl carbamates (subject to hydrolysis) is 1. The topological polar surface area (TPSA) is 334 Å². The van der Waals surface area contributed by atoms with Gasteiger partial charge in [0.15, 0.2) is 0 Å². The largest absolute Gasteiger partial charge is 0.488 e. The number of likely N-dealkylation sites (N-methyl/N-ethyl adjacent to an activating group) is 1. The lowest BCUT2D eigenvalue weighted by atomic mass is 9.84. The molecule has 0 saturated carbocycles. The van der Waals surface area contributed by atoms with Crippen LogP contribution in [0, 0.1) is 37.5 Å². The van der Waals surface area contributed by atoms with Crippen LogP contribution in [0.2, 0.25) is 0 Å². The number of aliphatic hydroxyl groups is 1. The lowest BCUT2D eigenvalue weighted by molar-refractivity contribution is -0.150. The zero-order valence-electron chi connectivity index (χ0n) is 67.6. The molecule has 9 atom stereocenters. The average molecular weight is 1620 g/mol. The first-order valence-electron chi connectivity index (χ1n) is 38.4. The van der Waals surface area contributed by atoms with Crippen LogP contribution in [0.5, 0.6) is 5.75 Å². The van der Waals surface area contributed by atoms with Crippen molar-refractivity contribution in [2.24, 2.45) is 16.7 Å². The molecule has 27 nitrogen and oxygen atoms in total. The van der Waals surface area contributed by atoms with Crippen LogP contribution in [-0.4, -0.2) is 203 Å². The molecule has 7 heterocycles. The molecule has 30 heteroatoms. The van der Waals surface area contributed by atoms with E-state index in [2.05, 4.69) is 41.5 Å². The Labute approximate surface area is 677 Å². The molecule has 6 N–H and O–H groups in total. The minimum Gasteiger partial charge on any atom is -0.488 e. The predicted octanol–water partition coefficient (Wildman–Crippen LogP) is 9.53. The van der Waals surface area contributed by atoms with E-state index in [0.717, 1.165) is 65.1 Å². The molecule has 10 amide bonds. The third kappa shape index (κ3) is 19.5. The quantitative estimate of drug-likeness (QED) is 0.0279. The van der Waals surface area contributed by atoms with Gasteiger partial charge in [-0.05, 0) is 109 Å². The second-order valence-corrected chi connectivity index (χ2v) is 36.0. The van der Waals surface area contributed by atoms with Crippen molar-refractivity contribution in [3.8, 4) is 37.1 Å². The number of aryl methyl sites for hydroxylation is 3. The van der Waals surface area contributed by atoms with E-state index in [0.29, 0.717) is 11.3 Å². The third-order valence-corrected chi connectivity index (χ3v) is 24.5. The Balaban J connectivity index is 0.742. The van der Waals surface area contributed by atoms with Gasteiger partial charge in [0.05, 0.1) is 73.6 Å². The van der Waals surface area contributed by atoms with Crippen LogP contribution < -0.4 is 31.3 Å². The summed E-state index contributed by atoms with van der Waals surface area (Å²) in [5.41, 5.74) is 9.89. The van der Waals surface area contributed by atoms with Crippen molar-refractivity contribution in [3.63, 3.8) is 0 Å². The lowest BCUT2D eigenvalue weighted by Gasteiger charge is -2.39. The van der Waals surface area contributed by atoms with E-state index in [1.807, 2.05) is 128 Å². The monoisotopic (exact) mass is 1620 g/mol. The summed E-state index contributed by atoms with van der Waals surface area (Å²) in [6, 6.07) is 23.2. The molecule has 0 radical (unpaired) electrons. The zero-order valence-corrected chi connectivity index (χ0v) is 70.1. The van der Waals surface area contributed by atoms with Crippen LogP contribution >= 0.6 is 34.0 Å². The number of nitrogens with zero attached hydrogens (tertiary/aromatic N) is 8. The molecular formula is C84H105N13O14S3. The van der Waals surface area contributed by atoms with Crippen molar-refractivity contribution in [2.45, 2.75) is 209 Å². The minimum absolute atomic E-state index is 0.00591. The van der Waals surface area contributed by atoms with Gasteiger partial charge >= 0.3 is 6.09 Å². The summed E-state index contributed by atoms with van der Waals surface area (Å²) in [5, 5.41) is 25.1. The molecule has 3 fully saturated rings. The van der Waals surface area contributed by atoms with Crippen LogP contribution in [0.1, 0.15) is 152 Å². The van der Waals surface area contributed by atoms with E-state index in [9.17, 15) is 38.7 Å². The van der Waals surface area contributed by atoms with E-state index >= 15 is 14.4 Å². The van der Waals surface area contributed by atoms with Gasteiger partial charge in [-0.3, -0.25) is 43.2 Å². The number of likely N-dealkylation sites (tertiary alicyclic amines) is 3. The fraction of sp³-hybridized carbons (Fsp3) is 0.488. The summed E-state index contributed by atoms with van der Waals surface area (Å²) in [7, 11) is 1.57. The number of hydrogen-bond donors (Lipinski definition) is 6. The number of carbonyl (C=O) groups excluding carboxylic acids is 10. The summed E-state index contributed by atoms with van der Waals surface area (Å²) >= 11 is 4.61. The van der Waals surface area contributed by atoms with Gasteiger partial charge in [-0.25, -0.2) is 19.7 Å². The maximum absolute atomic E-state index is 15.7. The maximum Gasteiger partial charge on any atom is 0.408 e. The van der Waals surface area contributed by atoms with Crippen LogP contribution in [-0.2, 0) is 74.0 Å². The summed E-state index contributed by atoms with van der Waals surface area (Å²) in [6.07, 6.45) is -3.46. The standard InChI is InChI=1S/C84H105N13O14S3/c1-47(2)67(96-39-58-29-30-60(32-63(58)75(96)103)110-61-33-65(95(41-61)78(106)72(82(10,11)12)93(16)51(6)98)74(102)86-36-53-19-25-56(26-20-53)69-49(4)90-45-113-69)76(104)97-42-62(34-84(97,15)79(107)87-37-54-21-27-57(28-22-54)70-50(5)91-46-114-70)109-43-83(13,14)111-80(108)88-38-66(100)92-71(81(7,8)9)77(105)94-40-59(99)31-64(94)73(101)85-35-52-17-23-55(24-18-52)68-48(3)89-44-112-68/h17-30,32,44-47,59,61-62,64-65,67,71-72,99H,31,33-43H2,1-16H3,(H,85,101)(H,86,102)(H,87,107)(H,88,108)(H,92,100)/t59-,61-,62-,64+,65+,67+,71-,72-,84?/m1/s1. The SMILES string of the molecule is CC(=O)N(C)[C@H](C(=O)N1C[C@H](Oc2ccc3c(c2)C(=O)N([C@H](C(=O)N2C[C@H](OCC(C)(C)OC(=O)NCC(=O)N[C@H](C(=O)N4C[C@H](O)C[C@H]4C(=O)NCc4ccc(-c5scnc5C)cc4)C(C)(C)C)CC2(C)C(=O)NCc2ccc(-c4scnc4C)cc2)C(C)C)C3)C[C@H]1C(=O)NCc1ccc(-c2scnc2C)cc1)C(C)(C)C. The molecule has 0 spiro atoms. The van der Waals surface area contributed by atoms with Crippen LogP contribution in [0.25, 0.3) is 31.3 Å². The number of hydrogen-bond acceptors (Lipinski definition) is 20. The molecule has 3 aromatic heterocycles. The fourth-order valence-corrected chi connectivity index (χ4v) is 17.8. The summed E-state index contributed by atoms with van der Waals surface area (Å²) < 4.78 is 19.0. The van der Waals surface area contributed by atoms with Gasteiger partial charge in [0.2, 0.25) is 47.3 Å². The number of carbonyl (C=O) groups is 10. The van der Waals surface area contributed by atoms with Gasteiger partial charge in [-0.2, -0.15) is 0 Å². The van der Waals surface area contributed by atoms with E-state index in [4.69, 9.17) is 14.2 Å². The summed E-state index contributed by atoms with van der Waals surface area (Å²) in [4.78, 5) is 167. The first-order chi connectivity index (χ1) is 53.8. The van der Waals surface area contributed by atoms with Gasteiger partial charge in [0, 0.05) is 78.1 Å². The van der Waals surface area contributed by atoms with Crippen LogP contribution in [0.15, 0.2) is 108 Å². The molecule has 0 bridgehead atoms. The molecule has 608 valence electrons. The lowest BCUT2D eigenvalue weighted by Crippen LogP contribution is -2.60. The maximum atomic E-state index is 15.7. The van der Waals surface area contributed by atoms with Crippen LogP contribution in [0.3, 0.4) is 0 Å². The Hall–Kier alpha value is -10.0. The van der Waals surface area contributed by atoms with Crippen molar-refractivity contribution in [3.05, 3.63) is 152 Å². The number of thiazole rings is 3. The predicted molar refractivity (Wildman–Crippen MR) is 434 cm³/mol. The van der Waals surface area contributed by atoms with Gasteiger partial charge in [-0.15, -0.1) is 34.0 Å². The number of benzene rings is 4. The number of aliphatic hydroxyl groups excluding tert-OH is 1. The van der Waals surface area contributed by atoms with Crippen molar-refractivity contribution >= 4 is 93.3 Å². The summed E-state index contributed by atoms with van der Waals surface area (Å²) in [6.45, 7) is 26.0. The molecule has 3 saturated heterocycles. The number of ether oxygens (including phenoxy) is 3. The second kappa shape index (κ2) is 35.0. The highest BCUT2D eigenvalue weighted by Crippen LogP contribution is 2.40. The second-order valence-electron chi connectivity index (χ2n) is 33.5. The van der Waals surface area contributed by atoms with Gasteiger partial charge in [0.1, 0.15) is 59.7 Å². The normalized spacial score (nSPS) is 19.8. The number of nitrogens with one attached hydrogen (secondary N) is 5. The van der Waals surface area contributed by atoms with E-state index in [1.54, 1.807) is 94.7 Å². The van der Waals surface area contributed by atoms with Gasteiger partial charge in [-0.1, -0.05) is 134 Å². The zero-order chi connectivity index (χ0) is 82.6. The Morgan fingerprint density at radius 2 is 1.13 bits per heavy atom. The Morgan fingerprint density at radius 1 is 0.632 bits per heavy atom. The molecular weight excluding hydrogens is 1510 g/mol. The van der Waals surface area contributed by atoms with E-state index in [-0.39, 0.29) is 83.2 Å². The van der Waals surface area contributed by atoms with Crippen molar-refractivity contribution in [1.82, 2.24) is 66.0 Å². The van der Waals surface area contributed by atoms with Gasteiger partial charge < -0.3 is 70.4 Å². The number of aromatic nitrogens is 3. The van der Waals surface area contributed by atoms with Crippen molar-refractivity contribution in [1.29, 1.82) is 0 Å². The molecule has 7 aromatic rings. The van der Waals surface area contributed by atoms with E-state index in [1.165, 1.54) is 54.1 Å². The highest BCUT2D eigenvalue weighted by atomic mass is 32.1. The number of amides is 10. The molecule has 114 heavy (non-hydrogen) atoms. The number of fused-ring (bicyclic) bond motifs is 1. The molecule has 4 aliphatic rings. The van der Waals surface area contributed by atoms with Crippen molar-refractivity contribution in [2.75, 3.05) is 39.8 Å². The highest BCUT2D eigenvalue weighted by Gasteiger charge is 2.55. The molecule has 1 unspecified atom stereocenters. The van der Waals surface area contributed by atoms with Crippen LogP contribution in [0.4, 0.5) is 4.79 Å². The Morgan fingerprint density at radius 3 is 1.61 bits per heavy atom. The fourth-order valence-electron chi connectivity index (χ4n) is 15.4. The highest BCUT2D eigenvalue weighted by molar-refractivity contribution is 7.14. The molecule has 11 rings (SSSR count). The molecule has 0 aliphatic carbocycles. The first kappa shape index (κ1) is 84.9. The smallest absolute Gasteiger partial charge is 0.408 e. The Kier molecular flexibility index (Phi) is 26.1. The number of β-amino-alcohol motifs (C(OH)–C–C–N with tert-alkyl or cyclic N) is 1. The Bertz CT molecular complexity index is 4720. The van der Waals surface area contributed by atoms with E-state index < -0.39 is 136 Å².